The van der Waals surface area contributed by atoms with E-state index in [0.29, 0.717) is 30.8 Å². The molecule has 0 bridgehead atoms. The van der Waals surface area contributed by atoms with Crippen LogP contribution in [0.1, 0.15) is 51.8 Å². The highest BCUT2D eigenvalue weighted by Gasteiger charge is 2.34. The van der Waals surface area contributed by atoms with Crippen molar-refractivity contribution in [3.63, 3.8) is 0 Å². The predicted molar refractivity (Wildman–Crippen MR) is 93.5 cm³/mol. The summed E-state index contributed by atoms with van der Waals surface area (Å²) in [6.07, 6.45) is 0.876. The topological polar surface area (TPSA) is 80.1 Å². The van der Waals surface area contributed by atoms with Gasteiger partial charge in [0.25, 0.3) is 11.8 Å². The molecule has 2 aromatic rings. The minimum Gasteiger partial charge on any atom is -0.352 e. The first kappa shape index (κ1) is 17.1. The highest BCUT2D eigenvalue weighted by Crippen LogP contribution is 2.24. The zero-order chi connectivity index (χ0) is 18.0. The molecule has 0 radical (unpaired) electrons. The molecule has 7 nitrogen and oxygen atoms in total. The van der Waals surface area contributed by atoms with Crippen LogP contribution in [0.25, 0.3) is 0 Å². The number of carbonyl (C=O) groups is 2. The summed E-state index contributed by atoms with van der Waals surface area (Å²) in [6, 6.07) is 7.04. The maximum absolute atomic E-state index is 12.6. The lowest BCUT2D eigenvalue weighted by Crippen LogP contribution is -2.51. The summed E-state index contributed by atoms with van der Waals surface area (Å²) in [7, 11) is 0. The number of amides is 2. The van der Waals surface area contributed by atoms with Gasteiger partial charge in [-0.25, -0.2) is 9.67 Å². The van der Waals surface area contributed by atoms with Crippen LogP contribution in [0, 0.1) is 13.8 Å². The van der Waals surface area contributed by atoms with Gasteiger partial charge >= 0.3 is 0 Å². The standard InChI is InChI=1S/C18H23N5O2/c1-4-8-19-17(24)14-6-5-7-15(9-14)18(25)22-10-16(11-22)23-13(3)20-12(2)21-23/h5-7,9,16H,4,8,10-11H2,1-3H3,(H,19,24). The lowest BCUT2D eigenvalue weighted by molar-refractivity contribution is 0.0497. The van der Waals surface area contributed by atoms with Crippen LogP contribution in [0.4, 0.5) is 0 Å². The SMILES string of the molecule is CCCNC(=O)c1cccc(C(=O)N2CC(n3nc(C)nc3C)C2)c1. The van der Waals surface area contributed by atoms with Crippen LogP contribution in [0.15, 0.2) is 24.3 Å². The molecule has 1 aliphatic heterocycles. The first-order valence-electron chi connectivity index (χ1n) is 8.57. The van der Waals surface area contributed by atoms with Gasteiger partial charge < -0.3 is 10.2 Å². The molecule has 3 rings (SSSR count). The number of hydrogen-bond acceptors (Lipinski definition) is 4. The van der Waals surface area contributed by atoms with Gasteiger partial charge in [-0.1, -0.05) is 13.0 Å². The second kappa shape index (κ2) is 7.04. The van der Waals surface area contributed by atoms with Gasteiger partial charge in [0.15, 0.2) is 0 Å². The summed E-state index contributed by atoms with van der Waals surface area (Å²) < 4.78 is 1.88. The lowest BCUT2D eigenvalue weighted by atomic mass is 10.0. The van der Waals surface area contributed by atoms with E-state index >= 15 is 0 Å². The maximum Gasteiger partial charge on any atom is 0.254 e. The van der Waals surface area contributed by atoms with Crippen molar-refractivity contribution in [1.82, 2.24) is 25.0 Å². The van der Waals surface area contributed by atoms with E-state index < -0.39 is 0 Å². The van der Waals surface area contributed by atoms with E-state index in [-0.39, 0.29) is 17.9 Å². The second-order valence-corrected chi connectivity index (χ2v) is 6.35. The van der Waals surface area contributed by atoms with Crippen LogP contribution in [0.3, 0.4) is 0 Å². The summed E-state index contributed by atoms with van der Waals surface area (Å²) in [4.78, 5) is 30.8. The molecule has 1 aliphatic rings. The minimum absolute atomic E-state index is 0.0594. The molecule has 0 aliphatic carbocycles. The monoisotopic (exact) mass is 341 g/mol. The van der Waals surface area contributed by atoms with E-state index in [0.717, 1.165) is 18.1 Å². The second-order valence-electron chi connectivity index (χ2n) is 6.35. The molecule has 0 unspecified atom stereocenters. The van der Waals surface area contributed by atoms with Crippen molar-refractivity contribution in [2.45, 2.75) is 33.2 Å². The van der Waals surface area contributed by atoms with E-state index in [1.54, 1.807) is 29.2 Å². The van der Waals surface area contributed by atoms with Crippen molar-refractivity contribution in [2.75, 3.05) is 19.6 Å². The van der Waals surface area contributed by atoms with Gasteiger partial charge in [-0.2, -0.15) is 5.10 Å². The molecular formula is C18H23N5O2. The minimum atomic E-state index is -0.147. The van der Waals surface area contributed by atoms with Crippen LogP contribution < -0.4 is 5.32 Å². The average molecular weight is 341 g/mol. The van der Waals surface area contributed by atoms with Gasteiger partial charge in [0.1, 0.15) is 11.6 Å². The smallest absolute Gasteiger partial charge is 0.254 e. The Hall–Kier alpha value is -2.70. The molecule has 2 amide bonds. The van der Waals surface area contributed by atoms with Crippen molar-refractivity contribution in [3.8, 4) is 0 Å². The zero-order valence-corrected chi connectivity index (χ0v) is 14.8. The Morgan fingerprint density at radius 1 is 1.24 bits per heavy atom. The fourth-order valence-corrected chi connectivity index (χ4v) is 2.97. The number of carbonyl (C=O) groups excluding carboxylic acids is 2. The third kappa shape index (κ3) is 3.55. The molecule has 1 aromatic carbocycles. The van der Waals surface area contributed by atoms with Gasteiger partial charge in [0, 0.05) is 30.8 Å². The van der Waals surface area contributed by atoms with E-state index in [1.165, 1.54) is 0 Å². The molecule has 2 heterocycles. The Bertz CT molecular complexity index is 793. The number of aryl methyl sites for hydroxylation is 2. The Morgan fingerprint density at radius 2 is 1.96 bits per heavy atom. The first-order chi connectivity index (χ1) is 12.0. The number of aromatic nitrogens is 3. The highest BCUT2D eigenvalue weighted by molar-refractivity contribution is 5.99. The number of likely N-dealkylation sites (tertiary alicyclic amines) is 1. The number of rotatable bonds is 5. The van der Waals surface area contributed by atoms with E-state index in [9.17, 15) is 9.59 Å². The summed E-state index contributed by atoms with van der Waals surface area (Å²) in [5.74, 6) is 1.40. The largest absolute Gasteiger partial charge is 0.352 e. The number of nitrogens with one attached hydrogen (secondary N) is 1. The van der Waals surface area contributed by atoms with Crippen LogP contribution >= 0.6 is 0 Å². The van der Waals surface area contributed by atoms with E-state index in [1.807, 2.05) is 25.5 Å². The maximum atomic E-state index is 12.6. The molecule has 0 spiro atoms. The first-order valence-corrected chi connectivity index (χ1v) is 8.57. The van der Waals surface area contributed by atoms with Crippen molar-refractivity contribution >= 4 is 11.8 Å². The predicted octanol–water partition coefficient (Wildman–Crippen LogP) is 1.73. The molecular weight excluding hydrogens is 318 g/mol. The molecule has 0 atom stereocenters. The summed E-state index contributed by atoms with van der Waals surface area (Å²) in [5.41, 5.74) is 1.05. The number of nitrogens with zero attached hydrogens (tertiary/aromatic N) is 4. The van der Waals surface area contributed by atoms with Gasteiger partial charge in [0.2, 0.25) is 0 Å². The summed E-state index contributed by atoms with van der Waals surface area (Å²) in [5, 5.41) is 7.21. The van der Waals surface area contributed by atoms with E-state index in [2.05, 4.69) is 15.4 Å². The molecule has 1 fully saturated rings. The highest BCUT2D eigenvalue weighted by atomic mass is 16.2. The molecule has 0 saturated carbocycles. The van der Waals surface area contributed by atoms with Gasteiger partial charge in [0.05, 0.1) is 6.04 Å². The zero-order valence-electron chi connectivity index (χ0n) is 14.8. The number of benzene rings is 1. The third-order valence-electron chi connectivity index (χ3n) is 4.31. The molecule has 7 heteroatoms. The quantitative estimate of drug-likeness (QED) is 0.898. The van der Waals surface area contributed by atoms with Crippen molar-refractivity contribution < 1.29 is 9.59 Å². The average Bonchev–Trinajstić information content (AvgIpc) is 2.89. The van der Waals surface area contributed by atoms with Crippen molar-refractivity contribution in [1.29, 1.82) is 0 Å². The van der Waals surface area contributed by atoms with Crippen LogP contribution in [0.5, 0.6) is 0 Å². The fourth-order valence-electron chi connectivity index (χ4n) is 2.97. The molecule has 1 N–H and O–H groups in total. The number of hydrogen-bond donors (Lipinski definition) is 1. The fraction of sp³-hybridized carbons (Fsp3) is 0.444. The molecule has 25 heavy (non-hydrogen) atoms. The van der Waals surface area contributed by atoms with Crippen molar-refractivity contribution in [3.05, 3.63) is 47.0 Å². The van der Waals surface area contributed by atoms with Gasteiger partial charge in [-0.3, -0.25) is 9.59 Å². The van der Waals surface area contributed by atoms with Crippen LogP contribution in [0.2, 0.25) is 0 Å². The van der Waals surface area contributed by atoms with Crippen LogP contribution in [-0.4, -0.2) is 51.1 Å². The summed E-state index contributed by atoms with van der Waals surface area (Å²) in [6.45, 7) is 7.62. The Morgan fingerprint density at radius 3 is 2.60 bits per heavy atom. The molecule has 1 saturated heterocycles. The lowest BCUT2D eigenvalue weighted by Gasteiger charge is -2.39. The normalized spacial score (nSPS) is 14.3. The van der Waals surface area contributed by atoms with E-state index in [4.69, 9.17) is 0 Å². The van der Waals surface area contributed by atoms with Crippen molar-refractivity contribution in [2.24, 2.45) is 0 Å². The van der Waals surface area contributed by atoms with Gasteiger partial charge in [-0.05, 0) is 38.5 Å². The van der Waals surface area contributed by atoms with Crippen LogP contribution in [-0.2, 0) is 0 Å². The Labute approximate surface area is 147 Å². The van der Waals surface area contributed by atoms with Gasteiger partial charge in [-0.15, -0.1) is 0 Å². The molecule has 1 aromatic heterocycles. The third-order valence-corrected chi connectivity index (χ3v) is 4.31. The summed E-state index contributed by atoms with van der Waals surface area (Å²) >= 11 is 0. The Balaban J connectivity index is 1.65. The Kier molecular flexibility index (Phi) is 4.83. The molecule has 132 valence electrons.